The summed E-state index contributed by atoms with van der Waals surface area (Å²) in [5.74, 6) is -3.45. The van der Waals surface area contributed by atoms with Crippen molar-refractivity contribution in [3.8, 4) is 0 Å². The second-order valence-corrected chi connectivity index (χ2v) is 5.56. The number of hydrogen-bond acceptors (Lipinski definition) is 4. The van der Waals surface area contributed by atoms with Gasteiger partial charge in [-0.1, -0.05) is 0 Å². The van der Waals surface area contributed by atoms with E-state index < -0.39 is 29.4 Å². The first kappa shape index (κ1) is 14.9. The highest BCUT2D eigenvalue weighted by Gasteiger charge is 2.32. The van der Waals surface area contributed by atoms with Gasteiger partial charge in [0.1, 0.15) is 11.6 Å². The Hall–Kier alpha value is -2.02. The number of piperazine rings is 1. The van der Waals surface area contributed by atoms with Gasteiger partial charge in [-0.15, -0.1) is 0 Å². The lowest BCUT2D eigenvalue weighted by Crippen LogP contribution is -2.43. The van der Waals surface area contributed by atoms with E-state index in [1.165, 1.54) is 12.1 Å². The number of nitrogens with zero attached hydrogens (tertiary/aromatic N) is 1. The van der Waals surface area contributed by atoms with Crippen molar-refractivity contribution in [3.63, 3.8) is 0 Å². The molecule has 22 heavy (non-hydrogen) atoms. The number of amides is 2. The molecule has 1 atom stereocenters. The van der Waals surface area contributed by atoms with Gasteiger partial charge < -0.3 is 10.2 Å². The van der Waals surface area contributed by atoms with Gasteiger partial charge in [-0.2, -0.15) is 0 Å². The summed E-state index contributed by atoms with van der Waals surface area (Å²) in [6.07, 6.45) is 0.223. The third kappa shape index (κ3) is 2.81. The van der Waals surface area contributed by atoms with E-state index in [0.717, 1.165) is 13.1 Å². The molecule has 2 N–H and O–H groups in total. The van der Waals surface area contributed by atoms with Crippen molar-refractivity contribution in [2.24, 2.45) is 0 Å². The lowest BCUT2D eigenvalue weighted by molar-refractivity contribution is -0.134. The van der Waals surface area contributed by atoms with Crippen LogP contribution in [0.5, 0.6) is 0 Å². The Kier molecular flexibility index (Phi) is 4.06. The summed E-state index contributed by atoms with van der Waals surface area (Å²) in [4.78, 5) is 24.9. The predicted octanol–water partition coefficient (Wildman–Crippen LogP) is 0.895. The normalized spacial score (nSPS) is 22.6. The summed E-state index contributed by atoms with van der Waals surface area (Å²) in [6, 6.07) is 2.54. The molecular formula is C15H17F2N3O2. The van der Waals surface area contributed by atoms with E-state index in [0.29, 0.717) is 18.8 Å². The molecule has 0 saturated carbocycles. The van der Waals surface area contributed by atoms with Crippen LogP contribution in [0, 0.1) is 11.6 Å². The van der Waals surface area contributed by atoms with E-state index >= 15 is 0 Å². The molecule has 2 heterocycles. The average Bonchev–Trinajstić information content (AvgIpc) is 2.49. The molecule has 0 radical (unpaired) electrons. The number of carbonyl (C=O) groups is 2. The Morgan fingerprint density at radius 3 is 2.32 bits per heavy atom. The summed E-state index contributed by atoms with van der Waals surface area (Å²) in [7, 11) is 0. The molecule has 2 fully saturated rings. The van der Waals surface area contributed by atoms with Crippen molar-refractivity contribution in [1.82, 2.24) is 10.6 Å². The second-order valence-electron chi connectivity index (χ2n) is 5.56. The molecule has 2 amide bonds. The van der Waals surface area contributed by atoms with Crippen molar-refractivity contribution in [3.05, 3.63) is 29.3 Å². The maximum atomic E-state index is 14.4. The number of hydrogen-bond donors (Lipinski definition) is 2. The molecule has 0 bridgehead atoms. The highest BCUT2D eigenvalue weighted by molar-refractivity contribution is 6.01. The van der Waals surface area contributed by atoms with Crippen molar-refractivity contribution < 1.29 is 18.4 Å². The third-order valence-corrected chi connectivity index (χ3v) is 4.13. The molecular weight excluding hydrogens is 292 g/mol. The summed E-state index contributed by atoms with van der Waals surface area (Å²) in [6.45, 7) is 2.88. The first-order valence-corrected chi connectivity index (χ1v) is 7.34. The van der Waals surface area contributed by atoms with Crippen molar-refractivity contribution in [1.29, 1.82) is 0 Å². The van der Waals surface area contributed by atoms with Crippen LogP contribution < -0.4 is 15.5 Å². The minimum absolute atomic E-state index is 0.0921. The summed E-state index contributed by atoms with van der Waals surface area (Å²) < 4.78 is 28.7. The van der Waals surface area contributed by atoms with Gasteiger partial charge in [-0.3, -0.25) is 14.9 Å². The van der Waals surface area contributed by atoms with Crippen LogP contribution in [-0.2, 0) is 9.59 Å². The molecule has 0 aromatic heterocycles. The standard InChI is InChI=1S/C15H17F2N3O2/c16-11-7-9(20-5-3-18-4-6-20)8-12(17)14(11)10-1-2-13(21)19-15(10)22/h7-8,10,18H,1-6H2,(H,19,21,22)/t10-/m1/s1. The maximum absolute atomic E-state index is 14.4. The van der Waals surface area contributed by atoms with Crippen LogP contribution in [0.3, 0.4) is 0 Å². The number of carbonyl (C=O) groups excluding carboxylic acids is 2. The number of benzene rings is 1. The fourth-order valence-electron chi connectivity index (χ4n) is 2.98. The number of rotatable bonds is 2. The van der Waals surface area contributed by atoms with Crippen LogP contribution in [0.15, 0.2) is 12.1 Å². The molecule has 2 saturated heterocycles. The Labute approximate surface area is 126 Å². The molecule has 118 valence electrons. The van der Waals surface area contributed by atoms with Gasteiger partial charge in [-0.05, 0) is 18.6 Å². The largest absolute Gasteiger partial charge is 0.369 e. The molecule has 0 spiro atoms. The first-order chi connectivity index (χ1) is 10.6. The van der Waals surface area contributed by atoms with Crippen LogP contribution in [0.25, 0.3) is 0 Å². The third-order valence-electron chi connectivity index (χ3n) is 4.13. The highest BCUT2D eigenvalue weighted by atomic mass is 19.1. The lowest BCUT2D eigenvalue weighted by atomic mass is 9.89. The topological polar surface area (TPSA) is 61.4 Å². The Balaban J connectivity index is 1.89. The molecule has 1 aromatic rings. The Morgan fingerprint density at radius 2 is 1.73 bits per heavy atom. The summed E-state index contributed by atoms with van der Waals surface area (Å²) in [5.41, 5.74) is 0.233. The van der Waals surface area contributed by atoms with Gasteiger partial charge in [-0.25, -0.2) is 8.78 Å². The molecule has 0 unspecified atom stereocenters. The minimum Gasteiger partial charge on any atom is -0.369 e. The summed E-state index contributed by atoms with van der Waals surface area (Å²) in [5, 5.41) is 5.30. The molecule has 2 aliphatic heterocycles. The second kappa shape index (κ2) is 6.00. The predicted molar refractivity (Wildman–Crippen MR) is 76.6 cm³/mol. The van der Waals surface area contributed by atoms with E-state index in [9.17, 15) is 18.4 Å². The van der Waals surface area contributed by atoms with E-state index in [-0.39, 0.29) is 18.4 Å². The minimum atomic E-state index is -0.949. The maximum Gasteiger partial charge on any atom is 0.234 e. The summed E-state index contributed by atoms with van der Waals surface area (Å²) >= 11 is 0. The number of nitrogens with one attached hydrogen (secondary N) is 2. The number of imide groups is 1. The average molecular weight is 309 g/mol. The SMILES string of the molecule is O=C1CC[C@H](c2c(F)cc(N3CCNCC3)cc2F)C(=O)N1. The Bertz CT molecular complexity index is 592. The van der Waals surface area contributed by atoms with Gasteiger partial charge in [0.2, 0.25) is 11.8 Å². The van der Waals surface area contributed by atoms with Gasteiger partial charge in [0, 0.05) is 43.9 Å². The van der Waals surface area contributed by atoms with Crippen LogP contribution >= 0.6 is 0 Å². The van der Waals surface area contributed by atoms with E-state index in [4.69, 9.17) is 0 Å². The zero-order chi connectivity index (χ0) is 15.7. The zero-order valence-corrected chi connectivity index (χ0v) is 12.0. The van der Waals surface area contributed by atoms with Crippen LogP contribution in [0.4, 0.5) is 14.5 Å². The van der Waals surface area contributed by atoms with Crippen molar-refractivity contribution >= 4 is 17.5 Å². The quantitative estimate of drug-likeness (QED) is 0.797. The van der Waals surface area contributed by atoms with Crippen LogP contribution in [0.1, 0.15) is 24.3 Å². The van der Waals surface area contributed by atoms with Gasteiger partial charge in [0.25, 0.3) is 0 Å². The molecule has 0 aliphatic carbocycles. The lowest BCUT2D eigenvalue weighted by Gasteiger charge is -2.30. The van der Waals surface area contributed by atoms with Crippen LogP contribution in [-0.4, -0.2) is 38.0 Å². The van der Waals surface area contributed by atoms with E-state index in [1.54, 1.807) is 0 Å². The van der Waals surface area contributed by atoms with Gasteiger partial charge in [0.05, 0.1) is 5.92 Å². The van der Waals surface area contributed by atoms with Crippen LogP contribution in [0.2, 0.25) is 0 Å². The fourth-order valence-corrected chi connectivity index (χ4v) is 2.98. The number of piperidine rings is 1. The molecule has 2 aliphatic rings. The van der Waals surface area contributed by atoms with Crippen molar-refractivity contribution in [2.75, 3.05) is 31.1 Å². The first-order valence-electron chi connectivity index (χ1n) is 7.34. The van der Waals surface area contributed by atoms with Crippen molar-refractivity contribution in [2.45, 2.75) is 18.8 Å². The smallest absolute Gasteiger partial charge is 0.234 e. The molecule has 7 heteroatoms. The Morgan fingerprint density at radius 1 is 1.09 bits per heavy atom. The van der Waals surface area contributed by atoms with E-state index in [2.05, 4.69) is 10.6 Å². The molecule has 3 rings (SSSR count). The number of anilines is 1. The highest BCUT2D eigenvalue weighted by Crippen LogP contribution is 2.32. The number of halogens is 2. The van der Waals surface area contributed by atoms with E-state index in [1.807, 2.05) is 4.90 Å². The van der Waals surface area contributed by atoms with Gasteiger partial charge in [0.15, 0.2) is 0 Å². The molecule has 5 nitrogen and oxygen atoms in total. The molecule has 1 aromatic carbocycles. The monoisotopic (exact) mass is 309 g/mol. The van der Waals surface area contributed by atoms with Gasteiger partial charge >= 0.3 is 0 Å². The zero-order valence-electron chi connectivity index (χ0n) is 12.0. The fraction of sp³-hybridized carbons (Fsp3) is 0.467.